The molecule has 0 radical (unpaired) electrons. The van der Waals surface area contributed by atoms with Crippen LogP contribution in [0.3, 0.4) is 0 Å². The molecule has 0 atom stereocenters. The zero-order valence-electron chi connectivity index (χ0n) is 39.3. The molecule has 0 unspecified atom stereocenters. The molecule has 0 N–H and O–H groups in total. The Morgan fingerprint density at radius 3 is 1.39 bits per heavy atom. The smallest absolute Gasteiger partial charge is 0.309 e. The summed E-state index contributed by atoms with van der Waals surface area (Å²) in [5.41, 5.74) is 11.5. The normalized spacial score (nSPS) is 11.7. The van der Waals surface area contributed by atoms with Crippen molar-refractivity contribution in [3.63, 3.8) is 0 Å². The predicted octanol–water partition coefficient (Wildman–Crippen LogP) is 17.6. The van der Waals surface area contributed by atoms with E-state index < -0.39 is 11.7 Å². The van der Waals surface area contributed by atoms with Gasteiger partial charge in [0.25, 0.3) is 0 Å². The van der Waals surface area contributed by atoms with Crippen LogP contribution in [0.1, 0.15) is 5.56 Å². The molecular formula is C65H39F3N6. The van der Waals surface area contributed by atoms with Gasteiger partial charge in [-0.2, -0.15) is 13.2 Å². The lowest BCUT2D eigenvalue weighted by atomic mass is 9.99. The standard InChI is InChI=1S/C65H39F3N6/c1-69-55-26-14-11-23-48(55)46-29-33-51(61(39-46)74-57-28-16-13-25-50(57)53-38-45(31-35-59(53)74)42-19-7-3-8-20-42)63-70-62(43-21-9-4-10-22-43)71-64(72-63)54-40-47(65(66,67)68)32-36-60(54)73-56-27-15-12-24-49(56)52-37-44(30-34-58(52)73)41-17-5-2-6-18-41/h2-40H. The van der Waals surface area contributed by atoms with Crippen LogP contribution < -0.4 is 0 Å². The largest absolute Gasteiger partial charge is 0.416 e. The first-order valence-electron chi connectivity index (χ1n) is 24.1. The summed E-state index contributed by atoms with van der Waals surface area (Å²) >= 11 is 0. The Balaban J connectivity index is 1.10. The molecule has 0 aliphatic carbocycles. The van der Waals surface area contributed by atoms with E-state index in [0.717, 1.165) is 89.1 Å². The number of alkyl halides is 3. The van der Waals surface area contributed by atoms with Gasteiger partial charge >= 0.3 is 6.18 Å². The Hall–Kier alpha value is -9.91. The van der Waals surface area contributed by atoms with Crippen molar-refractivity contribution in [3.8, 4) is 78.9 Å². The molecule has 0 bridgehead atoms. The summed E-state index contributed by atoms with van der Waals surface area (Å²) in [6.07, 6.45) is -4.68. The molecule has 3 aromatic heterocycles. The SMILES string of the molecule is [C-]#[N+]c1ccccc1-c1ccc(-c2nc(-c3ccccc3)nc(-c3cc(C(F)(F)F)ccc3-n3c4ccccc4c4cc(-c5ccccc5)ccc43)n2)c(-n2c3ccccc3c3cc(-c4ccccc4)ccc32)c1. The Labute approximate surface area is 423 Å². The maximum Gasteiger partial charge on any atom is 0.416 e. The monoisotopic (exact) mass is 960 g/mol. The second-order valence-electron chi connectivity index (χ2n) is 18.2. The van der Waals surface area contributed by atoms with E-state index in [1.165, 1.54) is 6.07 Å². The summed E-state index contributed by atoms with van der Waals surface area (Å²) in [4.78, 5) is 19.4. The predicted molar refractivity (Wildman–Crippen MR) is 292 cm³/mol. The van der Waals surface area contributed by atoms with Crippen LogP contribution in [0.25, 0.3) is 127 Å². The van der Waals surface area contributed by atoms with Crippen molar-refractivity contribution in [1.82, 2.24) is 24.1 Å². The number of para-hydroxylation sites is 3. The van der Waals surface area contributed by atoms with Gasteiger partial charge in [0, 0.05) is 38.2 Å². The number of hydrogen-bond donors (Lipinski definition) is 0. The molecule has 13 rings (SSSR count). The minimum atomic E-state index is -4.68. The molecular weight excluding hydrogens is 922 g/mol. The summed E-state index contributed by atoms with van der Waals surface area (Å²) in [7, 11) is 0. The third-order valence-electron chi connectivity index (χ3n) is 13.8. The maximum atomic E-state index is 15.1. The lowest BCUT2D eigenvalue weighted by Crippen LogP contribution is -2.09. The fourth-order valence-corrected chi connectivity index (χ4v) is 10.4. The summed E-state index contributed by atoms with van der Waals surface area (Å²) in [6.45, 7) is 8.10. The molecule has 3 heterocycles. The molecule has 0 saturated heterocycles. The van der Waals surface area contributed by atoms with Crippen molar-refractivity contribution in [2.24, 2.45) is 0 Å². The highest BCUT2D eigenvalue weighted by molar-refractivity contribution is 6.12. The van der Waals surface area contributed by atoms with Gasteiger partial charge in [-0.1, -0.05) is 170 Å². The van der Waals surface area contributed by atoms with E-state index >= 15 is 13.2 Å². The number of nitrogens with zero attached hydrogens (tertiary/aromatic N) is 6. The number of halogens is 3. The highest BCUT2D eigenvalue weighted by Crippen LogP contribution is 2.44. The lowest BCUT2D eigenvalue weighted by molar-refractivity contribution is -0.137. The second kappa shape index (κ2) is 17.7. The summed E-state index contributed by atoms with van der Waals surface area (Å²) in [6, 6.07) is 75.9. The van der Waals surface area contributed by atoms with Crippen LogP contribution in [0, 0.1) is 6.57 Å². The van der Waals surface area contributed by atoms with Crippen molar-refractivity contribution in [2.75, 3.05) is 0 Å². The maximum absolute atomic E-state index is 15.1. The molecule has 9 heteroatoms. The fourth-order valence-electron chi connectivity index (χ4n) is 10.4. The molecule has 0 spiro atoms. The van der Waals surface area contributed by atoms with E-state index in [9.17, 15) is 0 Å². The van der Waals surface area contributed by atoms with Crippen LogP contribution in [-0.4, -0.2) is 24.1 Å². The first-order valence-corrected chi connectivity index (χ1v) is 24.1. The quantitative estimate of drug-likeness (QED) is 0.143. The van der Waals surface area contributed by atoms with Crippen molar-refractivity contribution in [1.29, 1.82) is 0 Å². The van der Waals surface area contributed by atoms with Gasteiger partial charge in [-0.25, -0.2) is 19.8 Å². The van der Waals surface area contributed by atoms with E-state index in [4.69, 9.17) is 21.5 Å². The molecule has 6 nitrogen and oxygen atoms in total. The Kier molecular flexibility index (Phi) is 10.6. The summed E-state index contributed by atoms with van der Waals surface area (Å²) < 4.78 is 49.5. The van der Waals surface area contributed by atoms with Crippen LogP contribution >= 0.6 is 0 Å². The fraction of sp³-hybridized carbons (Fsp3) is 0.0154. The zero-order valence-corrected chi connectivity index (χ0v) is 39.3. The first-order chi connectivity index (χ1) is 36.3. The Morgan fingerprint density at radius 2 is 0.811 bits per heavy atom. The van der Waals surface area contributed by atoms with Gasteiger partial charge in [-0.3, -0.25) is 0 Å². The number of fused-ring (bicyclic) bond motifs is 6. The average Bonchev–Trinajstić information content (AvgIpc) is 3.97. The minimum Gasteiger partial charge on any atom is -0.309 e. The molecule has 350 valence electrons. The molecule has 0 amide bonds. The van der Waals surface area contributed by atoms with E-state index in [1.807, 2.05) is 150 Å². The molecule has 0 aliphatic rings. The molecule has 13 aromatic rings. The van der Waals surface area contributed by atoms with Crippen molar-refractivity contribution < 1.29 is 13.2 Å². The third kappa shape index (κ3) is 7.56. The van der Waals surface area contributed by atoms with E-state index in [0.29, 0.717) is 28.2 Å². The second-order valence-corrected chi connectivity index (χ2v) is 18.2. The van der Waals surface area contributed by atoms with E-state index in [2.05, 4.69) is 76.1 Å². The number of benzene rings is 10. The van der Waals surface area contributed by atoms with Crippen LogP contribution in [-0.2, 0) is 6.18 Å². The van der Waals surface area contributed by atoms with Gasteiger partial charge in [-0.15, -0.1) is 0 Å². The molecule has 0 fully saturated rings. The highest BCUT2D eigenvalue weighted by atomic mass is 19.4. The van der Waals surface area contributed by atoms with Gasteiger partial charge in [0.15, 0.2) is 23.2 Å². The topological polar surface area (TPSA) is 52.9 Å². The third-order valence-corrected chi connectivity index (χ3v) is 13.8. The first kappa shape index (κ1) is 44.1. The Morgan fingerprint density at radius 1 is 0.338 bits per heavy atom. The van der Waals surface area contributed by atoms with Crippen LogP contribution in [0.4, 0.5) is 18.9 Å². The van der Waals surface area contributed by atoms with Crippen LogP contribution in [0.15, 0.2) is 237 Å². The molecule has 10 aromatic carbocycles. The van der Waals surface area contributed by atoms with E-state index in [1.54, 1.807) is 6.07 Å². The number of aromatic nitrogens is 5. The summed E-state index contributed by atoms with van der Waals surface area (Å²) in [5, 5.41) is 3.94. The van der Waals surface area contributed by atoms with Crippen LogP contribution in [0.2, 0.25) is 0 Å². The van der Waals surface area contributed by atoms with Crippen molar-refractivity contribution >= 4 is 49.3 Å². The van der Waals surface area contributed by atoms with Gasteiger partial charge in [0.1, 0.15) is 0 Å². The molecule has 0 aliphatic heterocycles. The van der Waals surface area contributed by atoms with Gasteiger partial charge in [0.2, 0.25) is 0 Å². The highest BCUT2D eigenvalue weighted by Gasteiger charge is 2.33. The van der Waals surface area contributed by atoms with Crippen LogP contribution in [0.5, 0.6) is 0 Å². The van der Waals surface area contributed by atoms with Gasteiger partial charge < -0.3 is 9.13 Å². The Bertz CT molecular complexity index is 4360. The summed E-state index contributed by atoms with van der Waals surface area (Å²) in [5.74, 6) is 0.593. The van der Waals surface area contributed by atoms with Gasteiger partial charge in [-0.05, 0) is 100 Å². The van der Waals surface area contributed by atoms with E-state index in [-0.39, 0.29) is 23.0 Å². The number of rotatable bonds is 8. The molecule has 74 heavy (non-hydrogen) atoms. The zero-order chi connectivity index (χ0) is 49.9. The lowest BCUT2D eigenvalue weighted by Gasteiger charge is -2.18. The number of hydrogen-bond acceptors (Lipinski definition) is 3. The van der Waals surface area contributed by atoms with Crippen molar-refractivity contribution in [2.45, 2.75) is 6.18 Å². The van der Waals surface area contributed by atoms with Crippen molar-refractivity contribution in [3.05, 3.63) is 254 Å². The average molecular weight is 961 g/mol. The van der Waals surface area contributed by atoms with Gasteiger partial charge in [0.05, 0.1) is 45.6 Å². The molecule has 0 saturated carbocycles. The minimum absolute atomic E-state index is 0.0601.